The van der Waals surface area contributed by atoms with Gasteiger partial charge in [0.15, 0.2) is 0 Å². The molecule has 2 atom stereocenters. The van der Waals surface area contributed by atoms with Crippen LogP contribution >= 0.6 is 0 Å². The number of carbonyl (C=O) groups is 1. The van der Waals surface area contributed by atoms with Crippen LogP contribution < -0.4 is 0 Å². The minimum Gasteiger partial charge on any atom is -0.392 e. The number of aliphatic hydroxyl groups excluding tert-OH is 1. The first-order chi connectivity index (χ1) is 11.3. The number of β-amino-alcohol motifs (C(OH)–C–C–N with tert-alkyl or cyclic N) is 1. The molecule has 2 aliphatic rings. The second-order valence-corrected chi connectivity index (χ2v) is 6.69. The number of halogens is 3. The third kappa shape index (κ3) is 3.72. The molecule has 3 rings (SSSR count). The van der Waals surface area contributed by atoms with Crippen molar-refractivity contribution in [3.63, 3.8) is 0 Å². The predicted octanol–water partition coefficient (Wildman–Crippen LogP) is 2.43. The van der Waals surface area contributed by atoms with Crippen molar-refractivity contribution in [3.05, 3.63) is 35.4 Å². The maximum absolute atomic E-state index is 12.9. The molecule has 1 saturated carbocycles. The summed E-state index contributed by atoms with van der Waals surface area (Å²) in [6, 6.07) is 5.06. The highest BCUT2D eigenvalue weighted by Gasteiger charge is 2.37. The van der Waals surface area contributed by atoms with E-state index in [9.17, 15) is 23.1 Å². The van der Waals surface area contributed by atoms with Crippen molar-refractivity contribution in [1.82, 2.24) is 9.80 Å². The van der Waals surface area contributed by atoms with Crippen LogP contribution in [0, 0.1) is 0 Å². The van der Waals surface area contributed by atoms with E-state index in [1.54, 1.807) is 22.9 Å². The van der Waals surface area contributed by atoms with E-state index in [1.807, 2.05) is 0 Å². The Labute approximate surface area is 138 Å². The van der Waals surface area contributed by atoms with Crippen molar-refractivity contribution in [2.24, 2.45) is 0 Å². The molecule has 132 valence electrons. The van der Waals surface area contributed by atoms with Crippen LogP contribution in [0.2, 0.25) is 0 Å². The lowest BCUT2D eigenvalue weighted by molar-refractivity contribution is -0.137. The van der Waals surface area contributed by atoms with Crippen molar-refractivity contribution in [3.8, 4) is 0 Å². The Balaban J connectivity index is 1.76. The molecule has 1 amide bonds. The smallest absolute Gasteiger partial charge is 0.392 e. The number of carbonyl (C=O) groups excluding carboxylic acids is 1. The van der Waals surface area contributed by atoms with Gasteiger partial charge in [0.25, 0.3) is 0 Å². The number of hydrogen-bond donors (Lipinski definition) is 1. The number of benzene rings is 1. The quantitative estimate of drug-likeness (QED) is 0.914. The van der Waals surface area contributed by atoms with E-state index in [0.717, 1.165) is 25.0 Å². The van der Waals surface area contributed by atoms with Crippen LogP contribution in [-0.2, 0) is 11.0 Å². The molecule has 0 unspecified atom stereocenters. The fourth-order valence-electron chi connectivity index (χ4n) is 3.27. The fraction of sp³-hybridized carbons (Fsp3) is 0.588. The number of aliphatic hydroxyl groups is 1. The Hall–Kier alpha value is -1.60. The summed E-state index contributed by atoms with van der Waals surface area (Å²) >= 11 is 0. The number of likely N-dealkylation sites (tertiary alicyclic amines) is 1. The third-order valence-electron chi connectivity index (χ3n) is 4.81. The highest BCUT2D eigenvalue weighted by Crippen LogP contribution is 2.36. The summed E-state index contributed by atoms with van der Waals surface area (Å²) in [7, 11) is 1.76. The van der Waals surface area contributed by atoms with Crippen LogP contribution in [0.25, 0.3) is 0 Å². The molecule has 1 N–H and O–H groups in total. The predicted molar refractivity (Wildman–Crippen MR) is 82.2 cm³/mol. The zero-order valence-corrected chi connectivity index (χ0v) is 13.5. The van der Waals surface area contributed by atoms with Crippen LogP contribution in [-0.4, -0.2) is 53.1 Å². The van der Waals surface area contributed by atoms with Crippen molar-refractivity contribution in [2.45, 2.75) is 43.6 Å². The van der Waals surface area contributed by atoms with Crippen molar-refractivity contribution >= 4 is 5.91 Å². The van der Waals surface area contributed by atoms with Crippen LogP contribution in [0.15, 0.2) is 24.3 Å². The molecule has 1 aliphatic heterocycles. The molecule has 2 fully saturated rings. The monoisotopic (exact) mass is 342 g/mol. The molecule has 1 aliphatic carbocycles. The van der Waals surface area contributed by atoms with Crippen molar-refractivity contribution < 1.29 is 23.1 Å². The van der Waals surface area contributed by atoms with Crippen LogP contribution in [0.5, 0.6) is 0 Å². The number of alkyl halides is 3. The molecular weight excluding hydrogens is 321 g/mol. The Morgan fingerprint density at radius 2 is 2.08 bits per heavy atom. The number of hydrogen-bond acceptors (Lipinski definition) is 3. The summed E-state index contributed by atoms with van der Waals surface area (Å²) in [5, 5.41) is 9.94. The van der Waals surface area contributed by atoms with Gasteiger partial charge in [0.1, 0.15) is 0 Å². The molecule has 1 aromatic carbocycles. The van der Waals surface area contributed by atoms with Gasteiger partial charge in [-0.3, -0.25) is 9.69 Å². The lowest BCUT2D eigenvalue weighted by Gasteiger charge is -2.27. The van der Waals surface area contributed by atoms with Crippen LogP contribution in [0.3, 0.4) is 0 Å². The maximum atomic E-state index is 12.9. The molecule has 1 saturated heterocycles. The Morgan fingerprint density at radius 3 is 2.71 bits per heavy atom. The van der Waals surface area contributed by atoms with E-state index in [1.165, 1.54) is 6.07 Å². The molecule has 4 nitrogen and oxygen atoms in total. The largest absolute Gasteiger partial charge is 0.416 e. The first-order valence-corrected chi connectivity index (χ1v) is 8.10. The van der Waals surface area contributed by atoms with Gasteiger partial charge in [-0.25, -0.2) is 0 Å². The van der Waals surface area contributed by atoms with Gasteiger partial charge in [-0.2, -0.15) is 13.2 Å². The molecule has 0 aromatic heterocycles. The number of likely N-dealkylation sites (N-methyl/N-ethyl adjacent to an activating group) is 1. The van der Waals surface area contributed by atoms with Gasteiger partial charge >= 0.3 is 6.18 Å². The first-order valence-electron chi connectivity index (χ1n) is 8.10. The molecule has 0 spiro atoms. The van der Waals surface area contributed by atoms with Crippen LogP contribution in [0.1, 0.15) is 36.4 Å². The van der Waals surface area contributed by atoms with Gasteiger partial charge in [0.05, 0.1) is 18.2 Å². The molecule has 0 bridgehead atoms. The average Bonchev–Trinajstić information content (AvgIpc) is 3.30. The molecular formula is C17H21F3N2O2. The second kappa shape index (κ2) is 6.37. The Kier molecular flexibility index (Phi) is 4.57. The van der Waals surface area contributed by atoms with Crippen molar-refractivity contribution in [1.29, 1.82) is 0 Å². The van der Waals surface area contributed by atoms with E-state index >= 15 is 0 Å². The SMILES string of the molecule is CN(C(=O)CN1C[C@@H](O)C[C@@H]1c1cccc(C(F)(F)F)c1)C1CC1. The van der Waals surface area contributed by atoms with Gasteiger partial charge in [-0.15, -0.1) is 0 Å². The number of rotatable bonds is 4. The van der Waals surface area contributed by atoms with Gasteiger partial charge < -0.3 is 10.0 Å². The minimum absolute atomic E-state index is 0.0522. The normalized spacial score (nSPS) is 25.0. The summed E-state index contributed by atoms with van der Waals surface area (Å²) in [5.74, 6) is -0.0522. The summed E-state index contributed by atoms with van der Waals surface area (Å²) < 4.78 is 38.7. The highest BCUT2D eigenvalue weighted by molar-refractivity contribution is 5.78. The summed E-state index contributed by atoms with van der Waals surface area (Å²) in [6.07, 6.45) is -2.70. The van der Waals surface area contributed by atoms with E-state index < -0.39 is 17.8 Å². The standard InChI is InChI=1S/C17H21F3N2O2/c1-21(13-5-6-13)16(24)10-22-9-14(23)8-15(22)11-3-2-4-12(7-11)17(18,19)20/h2-4,7,13-15,23H,5-6,8-10H2,1H3/t14-,15+/m0/s1. The van der Waals surface area contributed by atoms with E-state index in [0.29, 0.717) is 18.5 Å². The van der Waals surface area contributed by atoms with Gasteiger partial charge in [-0.05, 0) is 37.0 Å². The van der Waals surface area contributed by atoms with Gasteiger partial charge in [0, 0.05) is 25.7 Å². The van der Waals surface area contributed by atoms with Crippen molar-refractivity contribution in [2.75, 3.05) is 20.1 Å². The van der Waals surface area contributed by atoms with E-state index in [-0.39, 0.29) is 24.5 Å². The van der Waals surface area contributed by atoms with E-state index in [4.69, 9.17) is 0 Å². The summed E-state index contributed by atoms with van der Waals surface area (Å²) in [6.45, 7) is 0.413. The minimum atomic E-state index is -4.40. The number of amides is 1. The molecule has 7 heteroatoms. The third-order valence-corrected chi connectivity index (χ3v) is 4.81. The topological polar surface area (TPSA) is 43.8 Å². The highest BCUT2D eigenvalue weighted by atomic mass is 19.4. The Bertz CT molecular complexity index is 616. The van der Waals surface area contributed by atoms with Gasteiger partial charge in [0.2, 0.25) is 5.91 Å². The molecule has 1 aromatic rings. The lowest BCUT2D eigenvalue weighted by Crippen LogP contribution is -2.39. The lowest BCUT2D eigenvalue weighted by atomic mass is 10.0. The Morgan fingerprint density at radius 1 is 1.38 bits per heavy atom. The average molecular weight is 342 g/mol. The first kappa shape index (κ1) is 17.2. The van der Waals surface area contributed by atoms with Gasteiger partial charge in [-0.1, -0.05) is 12.1 Å². The zero-order valence-electron chi connectivity index (χ0n) is 13.5. The number of nitrogens with zero attached hydrogens (tertiary/aromatic N) is 2. The maximum Gasteiger partial charge on any atom is 0.416 e. The second-order valence-electron chi connectivity index (χ2n) is 6.69. The van der Waals surface area contributed by atoms with Crippen LogP contribution in [0.4, 0.5) is 13.2 Å². The molecule has 24 heavy (non-hydrogen) atoms. The van der Waals surface area contributed by atoms with E-state index in [2.05, 4.69) is 0 Å². The molecule has 0 radical (unpaired) electrons. The fourth-order valence-corrected chi connectivity index (χ4v) is 3.27. The summed E-state index contributed by atoms with van der Waals surface area (Å²) in [5.41, 5.74) is -0.217. The summed E-state index contributed by atoms with van der Waals surface area (Å²) in [4.78, 5) is 15.8. The molecule has 1 heterocycles. The zero-order chi connectivity index (χ0) is 17.5.